The van der Waals surface area contributed by atoms with Gasteiger partial charge >= 0.3 is 5.97 Å². The molecule has 1 aromatic carbocycles. The molecule has 0 radical (unpaired) electrons. The second-order valence-electron chi connectivity index (χ2n) is 5.12. The second-order valence-corrected chi connectivity index (χ2v) is 7.24. The van der Waals surface area contributed by atoms with Crippen LogP contribution in [0.3, 0.4) is 0 Å². The molecule has 0 bridgehead atoms. The number of esters is 1. The van der Waals surface area contributed by atoms with E-state index in [9.17, 15) is 18.0 Å². The number of amides is 1. The van der Waals surface area contributed by atoms with Crippen LogP contribution in [0, 0.1) is 12.3 Å². The van der Waals surface area contributed by atoms with Crippen molar-refractivity contribution in [2.75, 3.05) is 34.4 Å². The van der Waals surface area contributed by atoms with E-state index >= 15 is 0 Å². The smallest absolute Gasteiger partial charge is 0.331 e. The Bertz CT molecular complexity index is 837. The van der Waals surface area contributed by atoms with Gasteiger partial charge in [-0.05, 0) is 23.8 Å². The van der Waals surface area contributed by atoms with Gasteiger partial charge in [0.25, 0.3) is 5.91 Å². The molecule has 1 amide bonds. The Morgan fingerprint density at radius 3 is 2.62 bits per heavy atom. The van der Waals surface area contributed by atoms with Gasteiger partial charge < -0.3 is 14.8 Å². The zero-order chi connectivity index (χ0) is 19.7. The molecule has 140 valence electrons. The summed E-state index contributed by atoms with van der Waals surface area (Å²) in [6.45, 7) is -0.422. The first kappa shape index (κ1) is 21.2. The lowest BCUT2D eigenvalue weighted by atomic mass is 10.2. The van der Waals surface area contributed by atoms with Gasteiger partial charge in [-0.1, -0.05) is 12.0 Å². The van der Waals surface area contributed by atoms with Gasteiger partial charge in [0, 0.05) is 20.2 Å². The summed E-state index contributed by atoms with van der Waals surface area (Å²) in [6, 6.07) is 4.43. The standard InChI is InChI=1S/C17H20N2O6S/c1-5-10-18-16(20)12-25-17(21)9-7-13-6-8-14(24-4)15(11-13)26(22,23)19(2)3/h1,6-9,11H,10,12H2,2-4H3,(H,18,20)/b9-7+. The SMILES string of the molecule is C#CCNC(=O)COC(=O)/C=C/c1ccc(OC)c(S(=O)(=O)N(C)C)c1. The minimum absolute atomic E-state index is 0.0332. The molecular formula is C17H20N2O6S. The van der Waals surface area contributed by atoms with Crippen LogP contribution in [0.25, 0.3) is 6.08 Å². The van der Waals surface area contributed by atoms with E-state index in [-0.39, 0.29) is 17.2 Å². The Morgan fingerprint density at radius 2 is 2.04 bits per heavy atom. The first-order valence-electron chi connectivity index (χ1n) is 7.38. The highest BCUT2D eigenvalue weighted by atomic mass is 32.2. The van der Waals surface area contributed by atoms with Crippen molar-refractivity contribution < 1.29 is 27.5 Å². The van der Waals surface area contributed by atoms with Crippen molar-refractivity contribution in [3.05, 3.63) is 29.8 Å². The van der Waals surface area contributed by atoms with Crippen LogP contribution >= 0.6 is 0 Å². The fourth-order valence-corrected chi connectivity index (χ4v) is 2.83. The lowest BCUT2D eigenvalue weighted by molar-refractivity contribution is -0.143. The second kappa shape index (κ2) is 9.60. The van der Waals surface area contributed by atoms with Crippen LogP contribution in [0.15, 0.2) is 29.2 Å². The summed E-state index contributed by atoms with van der Waals surface area (Å²) >= 11 is 0. The van der Waals surface area contributed by atoms with E-state index in [1.54, 1.807) is 6.07 Å². The lowest BCUT2D eigenvalue weighted by Gasteiger charge is -2.14. The average molecular weight is 380 g/mol. The zero-order valence-corrected chi connectivity index (χ0v) is 15.5. The molecule has 0 atom stereocenters. The van der Waals surface area contributed by atoms with Gasteiger partial charge in [0.1, 0.15) is 10.6 Å². The van der Waals surface area contributed by atoms with Crippen LogP contribution in [0.4, 0.5) is 0 Å². The summed E-state index contributed by atoms with van der Waals surface area (Å²) in [6.07, 6.45) is 7.44. The quantitative estimate of drug-likeness (QED) is 0.394. The van der Waals surface area contributed by atoms with Crippen LogP contribution in [0.1, 0.15) is 5.56 Å². The number of carbonyl (C=O) groups is 2. The minimum Gasteiger partial charge on any atom is -0.495 e. The van der Waals surface area contributed by atoms with Crippen LogP contribution in [0.5, 0.6) is 5.75 Å². The topological polar surface area (TPSA) is 102 Å². The third-order valence-corrected chi connectivity index (χ3v) is 4.93. The molecule has 9 heteroatoms. The van der Waals surface area contributed by atoms with Crippen LogP contribution in [-0.4, -0.2) is 59.0 Å². The Balaban J connectivity index is 2.88. The first-order chi connectivity index (χ1) is 12.2. The molecule has 0 aliphatic carbocycles. The van der Waals surface area contributed by atoms with Gasteiger partial charge in [0.05, 0.1) is 13.7 Å². The van der Waals surface area contributed by atoms with Crippen molar-refractivity contribution in [1.29, 1.82) is 0 Å². The molecule has 0 heterocycles. The Kier molecular flexibility index (Phi) is 7.83. The number of rotatable bonds is 8. The normalized spacial score (nSPS) is 11.2. The monoisotopic (exact) mass is 380 g/mol. The number of terminal acetylenes is 1. The first-order valence-corrected chi connectivity index (χ1v) is 8.82. The maximum absolute atomic E-state index is 12.3. The van der Waals surface area contributed by atoms with Crippen molar-refractivity contribution >= 4 is 28.0 Å². The fraction of sp³-hybridized carbons (Fsp3) is 0.294. The van der Waals surface area contributed by atoms with Crippen LogP contribution in [0.2, 0.25) is 0 Å². The maximum Gasteiger partial charge on any atom is 0.331 e. The zero-order valence-electron chi connectivity index (χ0n) is 14.7. The maximum atomic E-state index is 12.3. The van der Waals surface area contributed by atoms with E-state index in [0.29, 0.717) is 5.56 Å². The summed E-state index contributed by atoms with van der Waals surface area (Å²) < 4.78 is 35.6. The molecule has 1 aromatic rings. The largest absolute Gasteiger partial charge is 0.495 e. The molecule has 0 saturated carbocycles. The van der Waals surface area contributed by atoms with Crippen LogP contribution in [-0.2, 0) is 24.3 Å². The van der Waals surface area contributed by atoms with E-state index in [1.165, 1.54) is 39.4 Å². The molecule has 0 aromatic heterocycles. The highest BCUT2D eigenvalue weighted by Crippen LogP contribution is 2.27. The van der Waals surface area contributed by atoms with E-state index in [0.717, 1.165) is 10.4 Å². The van der Waals surface area contributed by atoms with Crippen molar-refractivity contribution in [1.82, 2.24) is 9.62 Å². The Morgan fingerprint density at radius 1 is 1.35 bits per heavy atom. The number of nitrogens with zero attached hydrogens (tertiary/aromatic N) is 1. The summed E-state index contributed by atoms with van der Waals surface area (Å²) in [4.78, 5) is 22.9. The number of nitrogens with one attached hydrogen (secondary N) is 1. The summed E-state index contributed by atoms with van der Waals surface area (Å²) in [7, 11) is 0.447. The number of hydrogen-bond donors (Lipinski definition) is 1. The molecular weight excluding hydrogens is 360 g/mol. The molecule has 0 saturated heterocycles. The molecule has 1 rings (SSSR count). The molecule has 0 aliphatic heterocycles. The highest BCUT2D eigenvalue weighted by molar-refractivity contribution is 7.89. The van der Waals surface area contributed by atoms with E-state index in [1.807, 2.05) is 0 Å². The molecule has 26 heavy (non-hydrogen) atoms. The predicted molar refractivity (Wildman–Crippen MR) is 95.7 cm³/mol. The minimum atomic E-state index is -3.72. The molecule has 0 aliphatic rings. The number of hydrogen-bond acceptors (Lipinski definition) is 6. The summed E-state index contributed by atoms with van der Waals surface area (Å²) in [5.74, 6) is 1.13. The third kappa shape index (κ3) is 5.91. The lowest BCUT2D eigenvalue weighted by Crippen LogP contribution is -2.28. The predicted octanol–water partition coefficient (Wildman–Crippen LogP) is 0.251. The molecule has 0 fully saturated rings. The Labute approximate surface area is 152 Å². The van der Waals surface area contributed by atoms with E-state index in [2.05, 4.69) is 11.2 Å². The van der Waals surface area contributed by atoms with Crippen LogP contribution < -0.4 is 10.1 Å². The Hall–Kier alpha value is -2.83. The highest BCUT2D eigenvalue weighted by Gasteiger charge is 2.22. The van der Waals surface area contributed by atoms with Gasteiger partial charge in [-0.3, -0.25) is 4.79 Å². The summed E-state index contributed by atoms with van der Waals surface area (Å²) in [5.41, 5.74) is 0.444. The van der Waals surface area contributed by atoms with Crippen molar-refractivity contribution in [3.63, 3.8) is 0 Å². The fourth-order valence-electron chi connectivity index (χ4n) is 1.74. The van der Waals surface area contributed by atoms with Gasteiger partial charge in [-0.25, -0.2) is 17.5 Å². The molecule has 8 nitrogen and oxygen atoms in total. The van der Waals surface area contributed by atoms with Crippen molar-refractivity contribution in [2.24, 2.45) is 0 Å². The van der Waals surface area contributed by atoms with Gasteiger partial charge in [-0.2, -0.15) is 0 Å². The number of methoxy groups -OCH3 is 1. The summed E-state index contributed by atoms with van der Waals surface area (Å²) in [5, 5.41) is 2.35. The third-order valence-electron chi connectivity index (χ3n) is 3.09. The number of benzene rings is 1. The van der Waals surface area contributed by atoms with Gasteiger partial charge in [0.2, 0.25) is 10.0 Å². The average Bonchev–Trinajstić information content (AvgIpc) is 2.62. The van der Waals surface area contributed by atoms with E-state index < -0.39 is 28.5 Å². The van der Waals surface area contributed by atoms with E-state index in [4.69, 9.17) is 15.9 Å². The molecule has 1 N–H and O–H groups in total. The van der Waals surface area contributed by atoms with Gasteiger partial charge in [0.15, 0.2) is 6.61 Å². The van der Waals surface area contributed by atoms with Crippen molar-refractivity contribution in [3.8, 4) is 18.1 Å². The molecule has 0 spiro atoms. The van der Waals surface area contributed by atoms with Crippen molar-refractivity contribution in [2.45, 2.75) is 4.90 Å². The number of carbonyl (C=O) groups excluding carboxylic acids is 2. The number of sulfonamides is 1. The molecule has 0 unspecified atom stereocenters. The van der Waals surface area contributed by atoms with Gasteiger partial charge in [-0.15, -0.1) is 6.42 Å². The number of ether oxygens (including phenoxy) is 2.